The SMILES string of the molecule is Cc1ccc2nc(N)n(C(CN(C)C)C(C)C)c2n1. The van der Waals surface area contributed by atoms with Gasteiger partial charge in [-0.05, 0) is 39.1 Å². The number of rotatable bonds is 4. The quantitative estimate of drug-likeness (QED) is 0.915. The average Bonchev–Trinajstić information content (AvgIpc) is 2.61. The van der Waals surface area contributed by atoms with Crippen LogP contribution in [0.25, 0.3) is 11.2 Å². The fourth-order valence-corrected chi connectivity index (χ4v) is 2.38. The van der Waals surface area contributed by atoms with Gasteiger partial charge >= 0.3 is 0 Å². The highest BCUT2D eigenvalue weighted by Gasteiger charge is 2.22. The van der Waals surface area contributed by atoms with Crippen LogP contribution in [0.3, 0.4) is 0 Å². The van der Waals surface area contributed by atoms with Gasteiger partial charge < -0.3 is 10.6 Å². The Morgan fingerprint density at radius 1 is 1.26 bits per heavy atom. The van der Waals surface area contributed by atoms with Crippen LogP contribution in [-0.4, -0.2) is 40.1 Å². The molecule has 0 saturated heterocycles. The number of aryl methyl sites for hydroxylation is 1. The number of hydrogen-bond donors (Lipinski definition) is 1. The molecule has 2 aromatic rings. The van der Waals surface area contributed by atoms with E-state index in [0.717, 1.165) is 23.4 Å². The highest BCUT2D eigenvalue weighted by Crippen LogP contribution is 2.27. The lowest BCUT2D eigenvalue weighted by atomic mass is 10.0. The number of nitrogen functional groups attached to an aromatic ring is 1. The van der Waals surface area contributed by atoms with E-state index in [-0.39, 0.29) is 6.04 Å². The summed E-state index contributed by atoms with van der Waals surface area (Å²) in [5.41, 5.74) is 8.85. The average molecular weight is 261 g/mol. The molecule has 2 aromatic heterocycles. The van der Waals surface area contributed by atoms with Crippen LogP contribution in [0.1, 0.15) is 25.6 Å². The Hall–Kier alpha value is -1.62. The molecular weight excluding hydrogens is 238 g/mol. The first-order valence-electron chi connectivity index (χ1n) is 6.66. The number of hydrogen-bond acceptors (Lipinski definition) is 4. The van der Waals surface area contributed by atoms with Gasteiger partial charge in [-0.25, -0.2) is 9.97 Å². The maximum absolute atomic E-state index is 6.11. The fourth-order valence-electron chi connectivity index (χ4n) is 2.38. The number of anilines is 1. The molecule has 0 aromatic carbocycles. The third-order valence-electron chi connectivity index (χ3n) is 3.36. The van der Waals surface area contributed by atoms with Crippen molar-refractivity contribution in [2.24, 2.45) is 5.92 Å². The van der Waals surface area contributed by atoms with Crippen molar-refractivity contribution in [3.8, 4) is 0 Å². The Morgan fingerprint density at radius 2 is 1.95 bits per heavy atom. The van der Waals surface area contributed by atoms with Crippen molar-refractivity contribution >= 4 is 17.1 Å². The van der Waals surface area contributed by atoms with Crippen LogP contribution in [0.2, 0.25) is 0 Å². The lowest BCUT2D eigenvalue weighted by Gasteiger charge is -2.26. The molecule has 0 aliphatic rings. The summed E-state index contributed by atoms with van der Waals surface area (Å²) >= 11 is 0. The molecular formula is C14H23N5. The molecule has 2 heterocycles. The fraction of sp³-hybridized carbons (Fsp3) is 0.571. The number of likely N-dealkylation sites (N-methyl/N-ethyl adjacent to an activating group) is 1. The molecule has 0 bridgehead atoms. The number of nitrogens with zero attached hydrogens (tertiary/aromatic N) is 4. The van der Waals surface area contributed by atoms with Crippen molar-refractivity contribution in [3.63, 3.8) is 0 Å². The second-order valence-electron chi connectivity index (χ2n) is 5.71. The summed E-state index contributed by atoms with van der Waals surface area (Å²) in [6.07, 6.45) is 0. The zero-order valence-electron chi connectivity index (χ0n) is 12.4. The van der Waals surface area contributed by atoms with E-state index >= 15 is 0 Å². The summed E-state index contributed by atoms with van der Waals surface area (Å²) in [6, 6.07) is 4.22. The zero-order valence-corrected chi connectivity index (χ0v) is 12.4. The topological polar surface area (TPSA) is 60.0 Å². The van der Waals surface area contributed by atoms with E-state index in [4.69, 9.17) is 5.73 Å². The molecule has 0 amide bonds. The summed E-state index contributed by atoms with van der Waals surface area (Å²) in [5, 5.41) is 0. The zero-order chi connectivity index (χ0) is 14.2. The Morgan fingerprint density at radius 3 is 2.53 bits per heavy atom. The molecule has 0 fully saturated rings. The standard InChI is InChI=1S/C14H23N5/c1-9(2)12(8-18(4)5)19-13-11(17-14(19)15)7-6-10(3)16-13/h6-7,9,12H,8H2,1-5H3,(H2,15,17). The van der Waals surface area contributed by atoms with Gasteiger partial charge in [0.15, 0.2) is 5.65 Å². The van der Waals surface area contributed by atoms with Crippen molar-refractivity contribution < 1.29 is 0 Å². The molecule has 19 heavy (non-hydrogen) atoms. The molecule has 1 atom stereocenters. The smallest absolute Gasteiger partial charge is 0.202 e. The van der Waals surface area contributed by atoms with Crippen LogP contribution in [0.5, 0.6) is 0 Å². The number of imidazole rings is 1. The van der Waals surface area contributed by atoms with Crippen LogP contribution < -0.4 is 5.73 Å². The van der Waals surface area contributed by atoms with Crippen LogP contribution in [0.4, 0.5) is 5.95 Å². The van der Waals surface area contributed by atoms with Crippen molar-refractivity contribution in [2.75, 3.05) is 26.4 Å². The predicted molar refractivity (Wildman–Crippen MR) is 79.1 cm³/mol. The minimum atomic E-state index is 0.272. The van der Waals surface area contributed by atoms with Gasteiger partial charge in [-0.3, -0.25) is 4.57 Å². The first-order chi connectivity index (χ1) is 8.90. The monoisotopic (exact) mass is 261 g/mol. The van der Waals surface area contributed by atoms with E-state index in [0.29, 0.717) is 11.9 Å². The molecule has 0 radical (unpaired) electrons. The Bertz CT molecular complexity index is 570. The van der Waals surface area contributed by atoms with E-state index in [2.05, 4.69) is 47.4 Å². The maximum atomic E-state index is 6.11. The molecule has 104 valence electrons. The van der Waals surface area contributed by atoms with Crippen molar-refractivity contribution in [1.82, 2.24) is 19.4 Å². The van der Waals surface area contributed by atoms with Gasteiger partial charge in [-0.2, -0.15) is 0 Å². The normalized spacial score (nSPS) is 13.6. The third kappa shape index (κ3) is 2.71. The van der Waals surface area contributed by atoms with Crippen LogP contribution in [0.15, 0.2) is 12.1 Å². The molecule has 0 spiro atoms. The molecule has 0 saturated carbocycles. The molecule has 2 N–H and O–H groups in total. The van der Waals surface area contributed by atoms with Crippen LogP contribution in [-0.2, 0) is 0 Å². The summed E-state index contributed by atoms with van der Waals surface area (Å²) < 4.78 is 2.08. The van der Waals surface area contributed by atoms with E-state index in [1.165, 1.54) is 0 Å². The number of pyridine rings is 1. The molecule has 5 nitrogen and oxygen atoms in total. The first kappa shape index (κ1) is 13.8. The highest BCUT2D eigenvalue weighted by atomic mass is 15.2. The van der Waals surface area contributed by atoms with Gasteiger partial charge in [-0.1, -0.05) is 13.8 Å². The molecule has 0 aliphatic heterocycles. The van der Waals surface area contributed by atoms with Crippen molar-refractivity contribution in [1.29, 1.82) is 0 Å². The van der Waals surface area contributed by atoms with Crippen molar-refractivity contribution in [3.05, 3.63) is 17.8 Å². The van der Waals surface area contributed by atoms with Gasteiger partial charge in [0.25, 0.3) is 0 Å². The highest BCUT2D eigenvalue weighted by molar-refractivity contribution is 5.74. The van der Waals surface area contributed by atoms with Crippen LogP contribution in [0, 0.1) is 12.8 Å². The second kappa shape index (κ2) is 5.17. The van der Waals surface area contributed by atoms with E-state index in [1.54, 1.807) is 0 Å². The lowest BCUT2D eigenvalue weighted by Crippen LogP contribution is -2.29. The first-order valence-corrected chi connectivity index (χ1v) is 6.66. The summed E-state index contributed by atoms with van der Waals surface area (Å²) in [6.45, 7) is 7.32. The third-order valence-corrected chi connectivity index (χ3v) is 3.36. The van der Waals surface area contributed by atoms with Gasteiger partial charge in [0, 0.05) is 12.2 Å². The van der Waals surface area contributed by atoms with Gasteiger partial charge in [-0.15, -0.1) is 0 Å². The Balaban J connectivity index is 2.57. The maximum Gasteiger partial charge on any atom is 0.202 e. The molecule has 5 heteroatoms. The van der Waals surface area contributed by atoms with Gasteiger partial charge in [0.2, 0.25) is 5.95 Å². The van der Waals surface area contributed by atoms with Crippen LogP contribution >= 0.6 is 0 Å². The minimum absolute atomic E-state index is 0.272. The molecule has 2 rings (SSSR count). The predicted octanol–water partition coefficient (Wildman–Crippen LogP) is 2.08. The summed E-state index contributed by atoms with van der Waals surface area (Å²) in [4.78, 5) is 11.2. The number of fused-ring (bicyclic) bond motifs is 1. The molecule has 1 unspecified atom stereocenters. The summed E-state index contributed by atoms with van der Waals surface area (Å²) in [7, 11) is 4.15. The Labute approximate surface area is 114 Å². The number of aromatic nitrogens is 3. The van der Waals surface area contributed by atoms with Crippen molar-refractivity contribution in [2.45, 2.75) is 26.8 Å². The van der Waals surface area contributed by atoms with Gasteiger partial charge in [0.1, 0.15) is 5.52 Å². The summed E-state index contributed by atoms with van der Waals surface area (Å²) in [5.74, 6) is 1.01. The van der Waals surface area contributed by atoms with Gasteiger partial charge in [0.05, 0.1) is 6.04 Å². The van der Waals surface area contributed by atoms with E-state index in [9.17, 15) is 0 Å². The Kier molecular flexibility index (Phi) is 3.75. The lowest BCUT2D eigenvalue weighted by molar-refractivity contribution is 0.275. The van der Waals surface area contributed by atoms with E-state index in [1.807, 2.05) is 19.1 Å². The largest absolute Gasteiger partial charge is 0.369 e. The molecule has 0 aliphatic carbocycles. The number of nitrogens with two attached hydrogens (primary N) is 1. The minimum Gasteiger partial charge on any atom is -0.369 e. The van der Waals surface area contributed by atoms with E-state index < -0.39 is 0 Å². The second-order valence-corrected chi connectivity index (χ2v) is 5.71.